The minimum atomic E-state index is -0.730. The zero-order valence-corrected chi connectivity index (χ0v) is 13.4. The summed E-state index contributed by atoms with van der Waals surface area (Å²) in [4.78, 5) is -0.588. The summed E-state index contributed by atoms with van der Waals surface area (Å²) in [7, 11) is 0. The van der Waals surface area contributed by atoms with Crippen LogP contribution in [0.1, 0.15) is 67.7 Å². The number of aliphatic hydroxyl groups excluding tert-OH is 1. The number of hydrogen-bond acceptors (Lipinski definition) is 3. The zero-order valence-electron chi connectivity index (χ0n) is 12.5. The molecule has 0 aliphatic carbocycles. The van der Waals surface area contributed by atoms with Crippen molar-refractivity contribution in [3.8, 4) is 0 Å². The van der Waals surface area contributed by atoms with E-state index in [1.54, 1.807) is 0 Å². The molecule has 0 aliphatic rings. The number of aliphatic hydroxyl groups is 1. The molecule has 17 heavy (non-hydrogen) atoms. The van der Waals surface area contributed by atoms with Crippen molar-refractivity contribution in [3.05, 3.63) is 0 Å². The van der Waals surface area contributed by atoms with Gasteiger partial charge < -0.3 is 9.84 Å². The summed E-state index contributed by atoms with van der Waals surface area (Å²) < 4.78 is 5.77. The second-order valence-corrected chi connectivity index (χ2v) is 7.46. The molecule has 0 heterocycles. The van der Waals surface area contributed by atoms with Gasteiger partial charge in [0.2, 0.25) is 0 Å². The van der Waals surface area contributed by atoms with Gasteiger partial charge in [-0.2, -0.15) is 0 Å². The molecule has 1 N–H and O–H groups in total. The first-order valence-electron chi connectivity index (χ1n) is 6.55. The van der Waals surface area contributed by atoms with Gasteiger partial charge in [0.25, 0.3) is 0 Å². The lowest BCUT2D eigenvalue weighted by Crippen LogP contribution is -2.46. The average Bonchev–Trinajstić information content (AvgIpc) is 2.13. The van der Waals surface area contributed by atoms with Gasteiger partial charge in [-0.3, -0.25) is 0 Å². The molecule has 0 amide bonds. The average molecular weight is 262 g/mol. The highest BCUT2D eigenvalue weighted by atomic mass is 32.1. The molecule has 0 aromatic carbocycles. The molecule has 0 aromatic rings. The van der Waals surface area contributed by atoms with E-state index in [1.165, 1.54) is 0 Å². The van der Waals surface area contributed by atoms with E-state index < -0.39 is 11.2 Å². The molecular weight excluding hydrogens is 232 g/mol. The van der Waals surface area contributed by atoms with Crippen LogP contribution in [-0.2, 0) is 4.74 Å². The van der Waals surface area contributed by atoms with Gasteiger partial charge in [0.1, 0.15) is 4.93 Å². The van der Waals surface area contributed by atoms with Crippen molar-refractivity contribution >= 4 is 12.6 Å². The van der Waals surface area contributed by atoms with Crippen LogP contribution in [0.3, 0.4) is 0 Å². The fraction of sp³-hybridized carbons (Fsp3) is 1.00. The van der Waals surface area contributed by atoms with Crippen LogP contribution in [-0.4, -0.2) is 16.3 Å². The Kier molecular flexibility index (Phi) is 6.04. The third-order valence-corrected chi connectivity index (χ3v) is 4.22. The van der Waals surface area contributed by atoms with E-state index in [1.807, 2.05) is 6.92 Å². The van der Waals surface area contributed by atoms with Crippen LogP contribution in [0, 0.1) is 10.8 Å². The van der Waals surface area contributed by atoms with Crippen molar-refractivity contribution in [2.45, 2.75) is 79.0 Å². The predicted octanol–water partition coefficient (Wildman–Crippen LogP) is 4.23. The Labute approximate surface area is 113 Å². The molecule has 3 heteroatoms. The van der Waals surface area contributed by atoms with Crippen molar-refractivity contribution in [2.24, 2.45) is 10.8 Å². The third kappa shape index (κ3) is 5.19. The molecule has 0 rings (SSSR count). The van der Waals surface area contributed by atoms with Crippen LogP contribution < -0.4 is 0 Å². The molecule has 0 saturated heterocycles. The summed E-state index contributed by atoms with van der Waals surface area (Å²) in [6.07, 6.45) is 1.63. The predicted molar refractivity (Wildman–Crippen MR) is 77.2 cm³/mol. The Morgan fingerprint density at radius 1 is 1.12 bits per heavy atom. The first-order valence-corrected chi connectivity index (χ1v) is 7.00. The van der Waals surface area contributed by atoms with E-state index in [2.05, 4.69) is 41.5 Å². The first kappa shape index (κ1) is 17.3. The maximum Gasteiger partial charge on any atom is 0.156 e. The monoisotopic (exact) mass is 262 g/mol. The van der Waals surface area contributed by atoms with Gasteiger partial charge >= 0.3 is 0 Å². The number of thiol groups is 1. The van der Waals surface area contributed by atoms with Crippen LogP contribution in [0.2, 0.25) is 0 Å². The fourth-order valence-electron chi connectivity index (χ4n) is 2.49. The highest BCUT2D eigenvalue weighted by Gasteiger charge is 2.45. The van der Waals surface area contributed by atoms with Crippen molar-refractivity contribution < 1.29 is 9.84 Å². The van der Waals surface area contributed by atoms with Gasteiger partial charge in [-0.05, 0) is 24.7 Å². The molecule has 0 aliphatic heterocycles. The molecule has 2 nitrogen and oxygen atoms in total. The summed E-state index contributed by atoms with van der Waals surface area (Å²) in [6, 6.07) is 0. The van der Waals surface area contributed by atoms with E-state index in [-0.39, 0.29) is 10.8 Å². The molecular formula is C14H30O2S. The molecule has 0 radical (unpaired) electrons. The second kappa shape index (κ2) is 5.94. The van der Waals surface area contributed by atoms with Crippen LogP contribution in [0.15, 0.2) is 0 Å². The minimum absolute atomic E-state index is 0.0980. The SMILES string of the molecule is CCC(O)OC(S)(CC)C(C)(C)CC(C)(C)C. The lowest BCUT2D eigenvalue weighted by atomic mass is 9.72. The second-order valence-electron chi connectivity index (χ2n) is 6.74. The smallest absolute Gasteiger partial charge is 0.156 e. The molecule has 104 valence electrons. The number of rotatable bonds is 6. The summed E-state index contributed by atoms with van der Waals surface area (Å²) in [5, 5.41) is 9.72. The van der Waals surface area contributed by atoms with Crippen LogP contribution in [0.5, 0.6) is 0 Å². The highest BCUT2D eigenvalue weighted by molar-refractivity contribution is 7.81. The van der Waals surface area contributed by atoms with Crippen molar-refractivity contribution in [2.75, 3.05) is 0 Å². The minimum Gasteiger partial charge on any atom is -0.368 e. The van der Waals surface area contributed by atoms with E-state index in [0.29, 0.717) is 6.42 Å². The van der Waals surface area contributed by atoms with Crippen molar-refractivity contribution in [3.63, 3.8) is 0 Å². The van der Waals surface area contributed by atoms with Crippen LogP contribution >= 0.6 is 12.6 Å². The quantitative estimate of drug-likeness (QED) is 0.554. The van der Waals surface area contributed by atoms with E-state index in [0.717, 1.165) is 12.8 Å². The summed E-state index contributed by atoms with van der Waals surface area (Å²) >= 11 is 4.72. The zero-order chi connectivity index (χ0) is 13.9. The number of ether oxygens (including phenoxy) is 1. The summed E-state index contributed by atoms with van der Waals surface area (Å²) in [5.74, 6) is 0. The highest BCUT2D eigenvalue weighted by Crippen LogP contribution is 2.47. The van der Waals surface area contributed by atoms with Crippen LogP contribution in [0.4, 0.5) is 0 Å². The van der Waals surface area contributed by atoms with Gasteiger partial charge in [0.05, 0.1) is 0 Å². The topological polar surface area (TPSA) is 29.5 Å². The van der Waals surface area contributed by atoms with Crippen molar-refractivity contribution in [1.29, 1.82) is 0 Å². The maximum absolute atomic E-state index is 9.72. The molecule has 0 fully saturated rings. The Morgan fingerprint density at radius 2 is 1.59 bits per heavy atom. The fourth-order valence-corrected chi connectivity index (χ4v) is 2.69. The van der Waals surface area contributed by atoms with Gasteiger partial charge in [-0.25, -0.2) is 0 Å². The molecule has 0 saturated carbocycles. The normalized spacial score (nSPS) is 18.9. The van der Waals surface area contributed by atoms with Crippen molar-refractivity contribution in [1.82, 2.24) is 0 Å². The molecule has 0 aromatic heterocycles. The number of hydrogen-bond donors (Lipinski definition) is 2. The maximum atomic E-state index is 9.72. The molecule has 0 spiro atoms. The Bertz CT molecular complexity index is 233. The standard InChI is InChI=1S/C14H30O2S/c1-8-11(15)16-14(17,9-2)13(6,7)10-12(3,4)5/h11,15,17H,8-10H2,1-7H3. The first-order chi connectivity index (χ1) is 7.47. The molecule has 0 bridgehead atoms. The Hall–Kier alpha value is 0.270. The van der Waals surface area contributed by atoms with Gasteiger partial charge in [0, 0.05) is 5.41 Å². The van der Waals surface area contributed by atoms with Crippen LogP contribution in [0.25, 0.3) is 0 Å². The van der Waals surface area contributed by atoms with E-state index in [4.69, 9.17) is 17.4 Å². The largest absolute Gasteiger partial charge is 0.368 e. The van der Waals surface area contributed by atoms with Gasteiger partial charge in [-0.1, -0.05) is 48.5 Å². The summed E-state index contributed by atoms with van der Waals surface area (Å²) in [6.45, 7) is 14.9. The lowest BCUT2D eigenvalue weighted by molar-refractivity contribution is -0.189. The van der Waals surface area contributed by atoms with Gasteiger partial charge in [-0.15, -0.1) is 12.6 Å². The Morgan fingerprint density at radius 3 is 1.88 bits per heavy atom. The van der Waals surface area contributed by atoms with E-state index in [9.17, 15) is 5.11 Å². The van der Waals surface area contributed by atoms with Gasteiger partial charge in [0.15, 0.2) is 6.29 Å². The molecule has 2 unspecified atom stereocenters. The summed E-state index contributed by atoms with van der Waals surface area (Å²) in [5.41, 5.74) is 0.117. The molecule has 2 atom stereocenters. The third-order valence-electron chi connectivity index (χ3n) is 3.19. The van der Waals surface area contributed by atoms with E-state index >= 15 is 0 Å². The lowest BCUT2D eigenvalue weighted by Gasteiger charge is -2.46. The Balaban J connectivity index is 4.93.